The summed E-state index contributed by atoms with van der Waals surface area (Å²) in [7, 11) is 0. The minimum absolute atomic E-state index is 0.152. The first-order chi connectivity index (χ1) is 18.7. The molecule has 0 bridgehead atoms. The largest absolute Gasteiger partial charge is 0.478 e. The molecule has 0 saturated heterocycles. The van der Waals surface area contributed by atoms with Crippen molar-refractivity contribution in [2.45, 2.75) is 51.2 Å². The van der Waals surface area contributed by atoms with Crippen LogP contribution < -0.4 is 21.3 Å². The molecule has 8 nitrogen and oxygen atoms in total. The average Bonchev–Trinajstić information content (AvgIpc) is 3.04. The number of nitrogens with two attached hydrogens (primary N) is 1. The second kappa shape index (κ2) is 12.2. The van der Waals surface area contributed by atoms with Crippen molar-refractivity contribution in [3.05, 3.63) is 89.5 Å². The van der Waals surface area contributed by atoms with Crippen molar-refractivity contribution >= 4 is 23.5 Å². The van der Waals surface area contributed by atoms with Gasteiger partial charge in [-0.05, 0) is 61.1 Å². The maximum Gasteiger partial charge on any atom is 0.336 e. The Hall–Kier alpha value is -4.01. The van der Waals surface area contributed by atoms with Gasteiger partial charge in [-0.15, -0.1) is 0 Å². The van der Waals surface area contributed by atoms with Gasteiger partial charge in [-0.1, -0.05) is 60.7 Å². The molecule has 5 N–H and O–H groups in total. The molecule has 0 aromatic heterocycles. The van der Waals surface area contributed by atoms with Crippen molar-refractivity contribution in [1.82, 2.24) is 10.6 Å². The Labute approximate surface area is 229 Å². The van der Waals surface area contributed by atoms with Gasteiger partial charge in [-0.2, -0.15) is 0 Å². The van der Waals surface area contributed by atoms with Gasteiger partial charge in [0.05, 0.1) is 12.1 Å². The molecule has 1 atom stereocenters. The van der Waals surface area contributed by atoms with Gasteiger partial charge >= 0.3 is 5.97 Å². The smallest absolute Gasteiger partial charge is 0.336 e. The fraction of sp³-hybridized carbons (Fsp3) is 0.323. The Bertz CT molecular complexity index is 1340. The number of aromatic carboxylic acids is 1. The highest BCUT2D eigenvalue weighted by atomic mass is 16.4. The van der Waals surface area contributed by atoms with E-state index in [1.54, 1.807) is 23.1 Å². The molecule has 8 heteroatoms. The van der Waals surface area contributed by atoms with Gasteiger partial charge in [0.2, 0.25) is 11.8 Å². The fourth-order valence-electron chi connectivity index (χ4n) is 5.03. The Morgan fingerprint density at radius 3 is 2.44 bits per heavy atom. The molecular formula is C31H36N4O4. The number of benzene rings is 3. The lowest BCUT2D eigenvalue weighted by molar-refractivity contribution is -0.128. The number of rotatable bonds is 10. The lowest BCUT2D eigenvalue weighted by Crippen LogP contribution is -2.51. The Kier molecular flexibility index (Phi) is 8.79. The van der Waals surface area contributed by atoms with Gasteiger partial charge in [0.25, 0.3) is 0 Å². The monoisotopic (exact) mass is 528 g/mol. The van der Waals surface area contributed by atoms with Crippen LogP contribution in [0.3, 0.4) is 0 Å². The van der Waals surface area contributed by atoms with E-state index in [4.69, 9.17) is 5.73 Å². The predicted octanol–water partition coefficient (Wildman–Crippen LogP) is 3.73. The van der Waals surface area contributed by atoms with Crippen molar-refractivity contribution in [2.24, 2.45) is 5.73 Å². The zero-order valence-corrected chi connectivity index (χ0v) is 22.4. The lowest BCUT2D eigenvalue weighted by atomic mass is 9.98. The zero-order chi connectivity index (χ0) is 28.0. The third-order valence-electron chi connectivity index (χ3n) is 7.00. The van der Waals surface area contributed by atoms with Gasteiger partial charge in [0.15, 0.2) is 0 Å². The van der Waals surface area contributed by atoms with Gasteiger partial charge < -0.3 is 26.4 Å². The molecule has 0 aliphatic carbocycles. The fourth-order valence-corrected chi connectivity index (χ4v) is 5.03. The summed E-state index contributed by atoms with van der Waals surface area (Å²) in [5.41, 5.74) is 9.60. The van der Waals surface area contributed by atoms with Crippen molar-refractivity contribution in [3.63, 3.8) is 0 Å². The first-order valence-electron chi connectivity index (χ1n) is 13.2. The summed E-state index contributed by atoms with van der Waals surface area (Å²) in [4.78, 5) is 40.1. The molecule has 39 heavy (non-hydrogen) atoms. The van der Waals surface area contributed by atoms with E-state index >= 15 is 0 Å². The number of hydrogen-bond donors (Lipinski definition) is 4. The number of carbonyl (C=O) groups excluding carboxylic acids is 2. The lowest BCUT2D eigenvalue weighted by Gasteiger charge is -2.29. The van der Waals surface area contributed by atoms with Crippen molar-refractivity contribution < 1.29 is 19.5 Å². The van der Waals surface area contributed by atoms with E-state index in [0.717, 1.165) is 22.4 Å². The number of amides is 2. The predicted molar refractivity (Wildman–Crippen MR) is 152 cm³/mol. The SMILES string of the molecule is CC(C)(CC(=O)N[C@@H]1CCc2ccccc2N(Cc2ccc(-c3ccccc3C(=O)O)cc2)C1=O)NCCN. The number of fused-ring (bicyclic) bond motifs is 1. The van der Waals surface area contributed by atoms with E-state index < -0.39 is 17.6 Å². The number of para-hydroxylation sites is 1. The van der Waals surface area contributed by atoms with Crippen LogP contribution in [0.15, 0.2) is 72.8 Å². The quantitative estimate of drug-likeness (QED) is 0.318. The maximum absolute atomic E-state index is 13.8. The Morgan fingerprint density at radius 2 is 1.72 bits per heavy atom. The first kappa shape index (κ1) is 28.0. The molecule has 1 aliphatic rings. The van der Waals surface area contributed by atoms with Crippen LogP contribution in [0.25, 0.3) is 11.1 Å². The summed E-state index contributed by atoms with van der Waals surface area (Å²) in [5.74, 6) is -1.32. The highest BCUT2D eigenvalue weighted by Gasteiger charge is 2.32. The Balaban J connectivity index is 1.55. The van der Waals surface area contributed by atoms with Crippen LogP contribution in [0, 0.1) is 0 Å². The van der Waals surface area contributed by atoms with Crippen LogP contribution in [-0.2, 0) is 22.6 Å². The summed E-state index contributed by atoms with van der Waals surface area (Å²) in [6.45, 7) is 5.29. The summed E-state index contributed by atoms with van der Waals surface area (Å²) < 4.78 is 0. The summed E-state index contributed by atoms with van der Waals surface area (Å²) in [5, 5.41) is 15.8. The minimum Gasteiger partial charge on any atom is -0.478 e. The molecule has 204 valence electrons. The maximum atomic E-state index is 13.8. The third kappa shape index (κ3) is 6.90. The van der Waals surface area contributed by atoms with Crippen LogP contribution in [0.1, 0.15) is 48.2 Å². The summed E-state index contributed by atoms with van der Waals surface area (Å²) in [6, 6.07) is 21.6. The molecule has 0 radical (unpaired) electrons. The molecule has 0 unspecified atom stereocenters. The van der Waals surface area contributed by atoms with Crippen molar-refractivity contribution in [3.8, 4) is 11.1 Å². The van der Waals surface area contributed by atoms with E-state index in [0.29, 0.717) is 38.0 Å². The summed E-state index contributed by atoms with van der Waals surface area (Å²) in [6.07, 6.45) is 1.41. The number of carboxylic acid groups (broad SMARTS) is 1. The highest BCUT2D eigenvalue weighted by Crippen LogP contribution is 2.30. The van der Waals surface area contributed by atoms with Crippen LogP contribution in [-0.4, -0.2) is 47.6 Å². The molecule has 0 spiro atoms. The van der Waals surface area contributed by atoms with Crippen LogP contribution >= 0.6 is 0 Å². The molecular weight excluding hydrogens is 492 g/mol. The number of aryl methyl sites for hydroxylation is 1. The van der Waals surface area contributed by atoms with E-state index in [9.17, 15) is 19.5 Å². The zero-order valence-electron chi connectivity index (χ0n) is 22.4. The van der Waals surface area contributed by atoms with E-state index in [-0.39, 0.29) is 23.8 Å². The van der Waals surface area contributed by atoms with E-state index in [1.807, 2.05) is 68.4 Å². The van der Waals surface area contributed by atoms with Gasteiger partial charge in [0, 0.05) is 30.7 Å². The normalized spacial score (nSPS) is 15.4. The highest BCUT2D eigenvalue weighted by molar-refractivity contribution is 6.00. The number of nitrogens with one attached hydrogen (secondary N) is 2. The molecule has 1 heterocycles. The molecule has 4 rings (SSSR count). The van der Waals surface area contributed by atoms with Crippen LogP contribution in [0.2, 0.25) is 0 Å². The first-order valence-corrected chi connectivity index (χ1v) is 13.2. The van der Waals surface area contributed by atoms with Gasteiger partial charge in [0.1, 0.15) is 6.04 Å². The van der Waals surface area contributed by atoms with Crippen LogP contribution in [0.5, 0.6) is 0 Å². The van der Waals surface area contributed by atoms with Crippen molar-refractivity contribution in [1.29, 1.82) is 0 Å². The molecule has 2 amide bonds. The number of anilines is 1. The molecule has 1 aliphatic heterocycles. The molecule has 0 fully saturated rings. The second-order valence-electron chi connectivity index (χ2n) is 10.5. The third-order valence-corrected chi connectivity index (χ3v) is 7.00. The van der Waals surface area contributed by atoms with E-state index in [1.165, 1.54) is 0 Å². The minimum atomic E-state index is -0.979. The Morgan fingerprint density at radius 1 is 1.03 bits per heavy atom. The standard InChI is InChI=1S/C31H36N4O4/c1-31(2,33-18-17-32)19-28(36)34-26-16-15-23-7-3-6-10-27(23)35(29(26)37)20-21-11-13-22(14-12-21)24-8-4-5-9-25(24)30(38)39/h3-14,26,33H,15-20,32H2,1-2H3,(H,34,36)(H,38,39)/t26-/m1/s1. The summed E-state index contributed by atoms with van der Waals surface area (Å²) >= 11 is 0. The second-order valence-corrected chi connectivity index (χ2v) is 10.5. The topological polar surface area (TPSA) is 125 Å². The van der Waals surface area contributed by atoms with Gasteiger partial charge in [-0.25, -0.2) is 4.79 Å². The van der Waals surface area contributed by atoms with Crippen molar-refractivity contribution in [2.75, 3.05) is 18.0 Å². The molecule has 0 saturated carbocycles. The van der Waals surface area contributed by atoms with Gasteiger partial charge in [-0.3, -0.25) is 9.59 Å². The molecule has 3 aromatic rings. The van der Waals surface area contributed by atoms with Crippen LogP contribution in [0.4, 0.5) is 5.69 Å². The average molecular weight is 529 g/mol. The van der Waals surface area contributed by atoms with E-state index in [2.05, 4.69) is 10.6 Å². The molecule has 3 aromatic carbocycles. The number of carboxylic acids is 1. The number of carbonyl (C=O) groups is 3. The number of hydrogen-bond acceptors (Lipinski definition) is 5. The number of nitrogens with zero attached hydrogens (tertiary/aromatic N) is 1.